The van der Waals surface area contributed by atoms with Gasteiger partial charge in [-0.2, -0.15) is 13.2 Å². The van der Waals surface area contributed by atoms with Gasteiger partial charge >= 0.3 is 6.18 Å². The largest absolute Gasteiger partial charge is 0.435 e. The molecule has 1 N–H and O–H groups in total. The molecule has 0 aliphatic carbocycles. The van der Waals surface area contributed by atoms with Gasteiger partial charge in [-0.25, -0.2) is 4.98 Å². The van der Waals surface area contributed by atoms with E-state index in [2.05, 4.69) is 15.5 Å². The van der Waals surface area contributed by atoms with Crippen LogP contribution in [-0.2, 0) is 11.0 Å². The summed E-state index contributed by atoms with van der Waals surface area (Å²) in [5.74, 6) is -0.846. The van der Waals surface area contributed by atoms with E-state index in [4.69, 9.17) is 4.84 Å². The fourth-order valence-corrected chi connectivity index (χ4v) is 3.74. The van der Waals surface area contributed by atoms with E-state index in [0.29, 0.717) is 29.2 Å². The van der Waals surface area contributed by atoms with E-state index >= 15 is 0 Å². The summed E-state index contributed by atoms with van der Waals surface area (Å²) in [6.07, 6.45) is -4.70. The van der Waals surface area contributed by atoms with Gasteiger partial charge in [0, 0.05) is 11.3 Å². The minimum absolute atomic E-state index is 0.172. The van der Waals surface area contributed by atoms with Crippen molar-refractivity contribution in [3.05, 3.63) is 69.7 Å². The number of thiazole rings is 1. The normalized spacial score (nSPS) is 12.0. The van der Waals surface area contributed by atoms with Crippen molar-refractivity contribution in [3.8, 4) is 11.1 Å². The molecule has 0 fully saturated rings. The third-order valence-electron chi connectivity index (χ3n) is 4.33. The molecule has 0 atom stereocenters. The maximum Gasteiger partial charge on any atom is 0.435 e. The Morgan fingerprint density at radius 3 is 2.48 bits per heavy atom. The highest BCUT2D eigenvalue weighted by Crippen LogP contribution is 2.35. The second-order valence-electron chi connectivity index (χ2n) is 6.58. The van der Waals surface area contributed by atoms with E-state index < -0.39 is 22.7 Å². The number of anilines is 1. The average molecular weight is 447 g/mol. The van der Waals surface area contributed by atoms with Gasteiger partial charge in [-0.3, -0.25) is 4.79 Å². The maximum absolute atomic E-state index is 13.2. The van der Waals surface area contributed by atoms with E-state index in [1.165, 1.54) is 6.92 Å². The number of benzene rings is 2. The molecule has 0 saturated heterocycles. The topological polar surface area (TPSA) is 63.6 Å². The zero-order valence-corrected chi connectivity index (χ0v) is 17.9. The molecule has 1 aromatic heterocycles. The van der Waals surface area contributed by atoms with Crippen molar-refractivity contribution in [2.24, 2.45) is 5.16 Å². The predicted octanol–water partition coefficient (Wildman–Crippen LogP) is 6.15. The maximum atomic E-state index is 13.2. The number of nitrogens with zero attached hydrogens (tertiary/aromatic N) is 2. The smallest absolute Gasteiger partial charge is 0.396 e. The summed E-state index contributed by atoms with van der Waals surface area (Å²) < 4.78 is 39.7. The Morgan fingerprint density at radius 2 is 1.84 bits per heavy atom. The lowest BCUT2D eigenvalue weighted by atomic mass is 10.0. The first-order valence-corrected chi connectivity index (χ1v) is 10.2. The summed E-state index contributed by atoms with van der Waals surface area (Å²) in [5.41, 5.74) is 2.29. The molecule has 0 bridgehead atoms. The van der Waals surface area contributed by atoms with E-state index in [0.717, 1.165) is 16.8 Å². The second kappa shape index (κ2) is 9.30. The van der Waals surface area contributed by atoms with Crippen LogP contribution in [0.15, 0.2) is 53.7 Å². The molecule has 2 aromatic carbocycles. The van der Waals surface area contributed by atoms with Crippen molar-refractivity contribution in [1.82, 2.24) is 4.98 Å². The van der Waals surface area contributed by atoms with Gasteiger partial charge in [0.25, 0.3) is 5.91 Å². The molecule has 1 amide bonds. The quantitative estimate of drug-likeness (QED) is 0.364. The second-order valence-corrected chi connectivity index (χ2v) is 7.78. The van der Waals surface area contributed by atoms with E-state index in [9.17, 15) is 18.0 Å². The third-order valence-corrected chi connectivity index (χ3v) is 5.30. The van der Waals surface area contributed by atoms with Gasteiger partial charge in [0.2, 0.25) is 0 Å². The Hall–Kier alpha value is -3.20. The van der Waals surface area contributed by atoms with Crippen LogP contribution in [0.5, 0.6) is 0 Å². The Bertz CT molecular complexity index is 1110. The Balaban J connectivity index is 1.89. The van der Waals surface area contributed by atoms with Crippen LogP contribution in [-0.4, -0.2) is 23.2 Å². The monoisotopic (exact) mass is 447 g/mol. The number of alkyl halides is 3. The van der Waals surface area contributed by atoms with Crippen LogP contribution in [0.4, 0.5) is 18.9 Å². The number of carbonyl (C=O) groups is 1. The molecule has 0 unspecified atom stereocenters. The van der Waals surface area contributed by atoms with Crippen molar-refractivity contribution < 1.29 is 22.8 Å². The Labute approximate surface area is 181 Å². The van der Waals surface area contributed by atoms with Crippen molar-refractivity contribution in [2.75, 3.05) is 11.9 Å². The molecular weight excluding hydrogens is 427 g/mol. The molecule has 3 aromatic rings. The first kappa shape index (κ1) is 22.5. The summed E-state index contributed by atoms with van der Waals surface area (Å²) >= 11 is 0.714. The van der Waals surface area contributed by atoms with Crippen LogP contribution >= 0.6 is 11.3 Å². The van der Waals surface area contributed by atoms with Gasteiger partial charge in [-0.15, -0.1) is 11.3 Å². The number of carbonyl (C=O) groups excluding carboxylic acids is 1. The van der Waals surface area contributed by atoms with E-state index in [1.54, 1.807) is 24.3 Å². The van der Waals surface area contributed by atoms with Gasteiger partial charge in [-0.1, -0.05) is 47.6 Å². The molecule has 5 nitrogen and oxygen atoms in total. The molecule has 0 radical (unpaired) electrons. The summed E-state index contributed by atoms with van der Waals surface area (Å²) in [6, 6.07) is 14.3. The van der Waals surface area contributed by atoms with Crippen LogP contribution in [0.3, 0.4) is 0 Å². The number of nitrogens with one attached hydrogen (secondary N) is 1. The number of aromatic nitrogens is 1. The number of amides is 1. The number of hydrogen-bond donors (Lipinski definition) is 1. The summed E-state index contributed by atoms with van der Waals surface area (Å²) in [4.78, 5) is 20.7. The molecule has 0 saturated carbocycles. The summed E-state index contributed by atoms with van der Waals surface area (Å²) in [6.45, 7) is 5.57. The molecule has 162 valence electrons. The Morgan fingerprint density at radius 1 is 1.16 bits per heavy atom. The number of hydrogen-bond acceptors (Lipinski definition) is 5. The molecular formula is C22H20F3N3O2S. The van der Waals surface area contributed by atoms with Gasteiger partial charge in [-0.05, 0) is 38.0 Å². The highest BCUT2D eigenvalue weighted by atomic mass is 32.1. The van der Waals surface area contributed by atoms with Crippen LogP contribution in [0.1, 0.15) is 39.8 Å². The van der Waals surface area contributed by atoms with Crippen LogP contribution < -0.4 is 5.32 Å². The lowest BCUT2D eigenvalue weighted by molar-refractivity contribution is -0.141. The lowest BCUT2D eigenvalue weighted by Gasteiger charge is -2.12. The fraction of sp³-hybridized carbons (Fsp3) is 0.227. The zero-order valence-electron chi connectivity index (χ0n) is 17.1. The van der Waals surface area contributed by atoms with Crippen molar-refractivity contribution in [2.45, 2.75) is 26.9 Å². The van der Waals surface area contributed by atoms with Crippen LogP contribution in [0, 0.1) is 6.92 Å². The van der Waals surface area contributed by atoms with Crippen LogP contribution in [0.25, 0.3) is 11.1 Å². The van der Waals surface area contributed by atoms with Crippen LogP contribution in [0.2, 0.25) is 0 Å². The summed E-state index contributed by atoms with van der Waals surface area (Å²) in [7, 11) is 0. The molecule has 3 rings (SSSR count). The molecule has 0 aliphatic heterocycles. The van der Waals surface area contributed by atoms with Gasteiger partial charge in [0.05, 0.1) is 10.7 Å². The SMILES string of the molecule is CCO/N=C(/C)c1ccc(-c2ccccc2NC(=O)c2sc(C)nc2C(F)(F)F)cc1. The van der Waals surface area contributed by atoms with E-state index in [-0.39, 0.29) is 5.01 Å². The number of rotatable bonds is 6. The molecule has 0 spiro atoms. The van der Waals surface area contributed by atoms with Crippen molar-refractivity contribution in [3.63, 3.8) is 0 Å². The fourth-order valence-electron chi connectivity index (χ4n) is 2.90. The highest BCUT2D eigenvalue weighted by molar-refractivity contribution is 7.13. The molecule has 0 aliphatic rings. The number of aryl methyl sites for hydroxylation is 1. The van der Waals surface area contributed by atoms with Gasteiger partial charge in [0.1, 0.15) is 11.5 Å². The van der Waals surface area contributed by atoms with E-state index in [1.807, 2.05) is 38.1 Å². The summed E-state index contributed by atoms with van der Waals surface area (Å²) in [5, 5.41) is 6.77. The number of para-hydroxylation sites is 1. The first-order chi connectivity index (χ1) is 14.7. The molecule has 9 heteroatoms. The zero-order chi connectivity index (χ0) is 22.6. The number of oxime groups is 1. The molecule has 31 heavy (non-hydrogen) atoms. The standard InChI is InChI=1S/C22H20F3N3O2S/c1-4-30-28-13(2)15-9-11-16(12-10-15)17-7-5-6-8-18(17)27-21(29)19-20(22(23,24)25)26-14(3)31-19/h5-12H,4H2,1-3H3,(H,27,29)/b28-13-. The first-order valence-electron chi connectivity index (χ1n) is 9.43. The third kappa shape index (κ3) is 5.29. The average Bonchev–Trinajstić information content (AvgIpc) is 3.15. The van der Waals surface area contributed by atoms with Crippen molar-refractivity contribution in [1.29, 1.82) is 0 Å². The Kier molecular flexibility index (Phi) is 6.74. The molecule has 1 heterocycles. The predicted molar refractivity (Wildman–Crippen MR) is 116 cm³/mol. The van der Waals surface area contributed by atoms with Gasteiger partial charge in [0.15, 0.2) is 5.69 Å². The highest BCUT2D eigenvalue weighted by Gasteiger charge is 2.39. The van der Waals surface area contributed by atoms with Crippen molar-refractivity contribution >= 4 is 28.6 Å². The minimum Gasteiger partial charge on any atom is -0.396 e. The lowest BCUT2D eigenvalue weighted by Crippen LogP contribution is -2.17. The number of halogens is 3. The van der Waals surface area contributed by atoms with Gasteiger partial charge < -0.3 is 10.2 Å². The minimum atomic E-state index is -4.70.